The van der Waals surface area contributed by atoms with Gasteiger partial charge in [-0.2, -0.15) is 13.2 Å². The number of halogens is 4. The van der Waals surface area contributed by atoms with Gasteiger partial charge in [-0.25, -0.2) is 4.98 Å². The Hall–Kier alpha value is -2.05. The van der Waals surface area contributed by atoms with Crippen LogP contribution < -0.4 is 0 Å². The molecule has 0 unspecified atom stereocenters. The van der Waals surface area contributed by atoms with Crippen molar-refractivity contribution >= 4 is 22.6 Å². The number of rotatable bonds is 7. The second-order valence-electron chi connectivity index (χ2n) is 6.71. The minimum Gasteiger partial charge on any atom is -0.326 e. The summed E-state index contributed by atoms with van der Waals surface area (Å²) in [5.74, 6) is 0.754. The molecule has 0 saturated heterocycles. The van der Waals surface area contributed by atoms with Crippen LogP contribution in [-0.2, 0) is 19.1 Å². The summed E-state index contributed by atoms with van der Waals surface area (Å²) in [6.07, 6.45) is -3.85. The molecule has 0 amide bonds. The van der Waals surface area contributed by atoms with E-state index in [1.807, 2.05) is 28.8 Å². The summed E-state index contributed by atoms with van der Waals surface area (Å²) in [5, 5.41) is 0.647. The molecular weight excluding hydrogens is 387 g/mol. The van der Waals surface area contributed by atoms with Crippen LogP contribution in [0.5, 0.6) is 0 Å². The van der Waals surface area contributed by atoms with Crippen LogP contribution in [0.4, 0.5) is 13.2 Å². The quantitative estimate of drug-likeness (QED) is 0.503. The van der Waals surface area contributed by atoms with Crippen LogP contribution >= 0.6 is 11.6 Å². The molecule has 0 atom stereocenters. The molecule has 0 aliphatic rings. The van der Waals surface area contributed by atoms with Crippen LogP contribution in [-0.4, -0.2) is 34.1 Å². The molecule has 0 radical (unpaired) electrons. The molecule has 2 aromatic carbocycles. The molecule has 28 heavy (non-hydrogen) atoms. The lowest BCUT2D eigenvalue weighted by Crippen LogP contribution is -2.27. The zero-order chi connectivity index (χ0) is 20.3. The summed E-state index contributed by atoms with van der Waals surface area (Å²) in [4.78, 5) is 6.83. The van der Waals surface area contributed by atoms with Crippen molar-refractivity contribution in [1.82, 2.24) is 14.5 Å². The molecule has 7 heteroatoms. The van der Waals surface area contributed by atoms with Crippen molar-refractivity contribution in [1.29, 1.82) is 0 Å². The Kier molecular flexibility index (Phi) is 6.30. The Morgan fingerprint density at radius 2 is 1.71 bits per heavy atom. The van der Waals surface area contributed by atoms with E-state index >= 15 is 0 Å². The maximum atomic E-state index is 13.1. The largest absolute Gasteiger partial charge is 0.416 e. The van der Waals surface area contributed by atoms with E-state index in [0.717, 1.165) is 48.7 Å². The summed E-state index contributed by atoms with van der Waals surface area (Å²) in [6.45, 7) is 7.53. The number of nitrogens with zero attached hydrogens (tertiary/aromatic N) is 3. The van der Waals surface area contributed by atoms with E-state index in [0.29, 0.717) is 23.5 Å². The van der Waals surface area contributed by atoms with Crippen molar-refractivity contribution in [2.45, 2.75) is 33.0 Å². The average molecular weight is 410 g/mol. The number of imidazole rings is 1. The SMILES string of the molecule is CCN(CC)CCn1c(Cc2ccc(Cl)cc2)nc2cc(C(F)(F)F)ccc21. The summed E-state index contributed by atoms with van der Waals surface area (Å²) < 4.78 is 41.3. The summed E-state index contributed by atoms with van der Waals surface area (Å²) in [6, 6.07) is 11.2. The summed E-state index contributed by atoms with van der Waals surface area (Å²) in [5.41, 5.74) is 1.44. The lowest BCUT2D eigenvalue weighted by atomic mass is 10.1. The lowest BCUT2D eigenvalue weighted by molar-refractivity contribution is -0.137. The number of likely N-dealkylation sites (N-methyl/N-ethyl adjacent to an activating group) is 1. The highest BCUT2D eigenvalue weighted by Crippen LogP contribution is 2.32. The summed E-state index contributed by atoms with van der Waals surface area (Å²) >= 11 is 5.95. The van der Waals surface area contributed by atoms with Gasteiger partial charge >= 0.3 is 6.18 Å². The fourth-order valence-corrected chi connectivity index (χ4v) is 3.43. The minimum atomic E-state index is -4.38. The van der Waals surface area contributed by atoms with Crippen molar-refractivity contribution in [2.24, 2.45) is 0 Å². The highest BCUT2D eigenvalue weighted by Gasteiger charge is 2.31. The molecule has 0 fully saturated rings. The van der Waals surface area contributed by atoms with Gasteiger partial charge in [0.25, 0.3) is 0 Å². The second-order valence-corrected chi connectivity index (χ2v) is 7.15. The van der Waals surface area contributed by atoms with Crippen molar-refractivity contribution in [3.63, 3.8) is 0 Å². The van der Waals surface area contributed by atoms with E-state index in [-0.39, 0.29) is 0 Å². The highest BCUT2D eigenvalue weighted by molar-refractivity contribution is 6.30. The molecule has 0 aliphatic carbocycles. The number of fused-ring (bicyclic) bond motifs is 1. The maximum Gasteiger partial charge on any atom is 0.416 e. The third-order valence-electron chi connectivity index (χ3n) is 4.96. The lowest BCUT2D eigenvalue weighted by Gasteiger charge is -2.19. The zero-order valence-corrected chi connectivity index (χ0v) is 16.7. The predicted molar refractivity (Wildman–Crippen MR) is 107 cm³/mol. The van der Waals surface area contributed by atoms with Gasteiger partial charge in [-0.1, -0.05) is 37.6 Å². The Morgan fingerprint density at radius 1 is 1.04 bits per heavy atom. The van der Waals surface area contributed by atoms with Crippen LogP contribution in [0.1, 0.15) is 30.8 Å². The standard InChI is InChI=1S/C21H23ClF3N3/c1-3-27(4-2)11-12-28-19-10-7-16(21(23,24)25)14-18(19)26-20(28)13-15-5-8-17(22)9-6-15/h5-10,14H,3-4,11-13H2,1-2H3. The zero-order valence-electron chi connectivity index (χ0n) is 15.9. The molecule has 0 aliphatic heterocycles. The third kappa shape index (κ3) is 4.67. The molecule has 1 aromatic heterocycles. The normalized spacial score (nSPS) is 12.2. The molecule has 0 bridgehead atoms. The van der Waals surface area contributed by atoms with Crippen LogP contribution in [0.25, 0.3) is 11.0 Å². The first-order valence-electron chi connectivity index (χ1n) is 9.35. The maximum absolute atomic E-state index is 13.1. The van der Waals surface area contributed by atoms with Gasteiger partial charge in [0.1, 0.15) is 5.82 Å². The monoisotopic (exact) mass is 409 g/mol. The van der Waals surface area contributed by atoms with Crippen molar-refractivity contribution in [3.05, 3.63) is 64.4 Å². The van der Waals surface area contributed by atoms with E-state index in [4.69, 9.17) is 11.6 Å². The van der Waals surface area contributed by atoms with Gasteiger partial charge in [0, 0.05) is 24.5 Å². The Labute approximate surface area is 167 Å². The van der Waals surface area contributed by atoms with Crippen LogP contribution in [0.3, 0.4) is 0 Å². The number of aromatic nitrogens is 2. The van der Waals surface area contributed by atoms with Crippen molar-refractivity contribution in [2.75, 3.05) is 19.6 Å². The molecule has 3 nitrogen and oxygen atoms in total. The number of benzene rings is 2. The van der Waals surface area contributed by atoms with Crippen LogP contribution in [0.2, 0.25) is 5.02 Å². The Balaban J connectivity index is 2.00. The average Bonchev–Trinajstić information content (AvgIpc) is 3.00. The second kappa shape index (κ2) is 8.53. The molecule has 3 rings (SSSR count). The van der Waals surface area contributed by atoms with Gasteiger partial charge in [-0.3, -0.25) is 0 Å². The van der Waals surface area contributed by atoms with Gasteiger partial charge in [0.15, 0.2) is 0 Å². The third-order valence-corrected chi connectivity index (χ3v) is 5.22. The fraction of sp³-hybridized carbons (Fsp3) is 0.381. The van der Waals surface area contributed by atoms with Gasteiger partial charge < -0.3 is 9.47 Å². The topological polar surface area (TPSA) is 21.1 Å². The fourth-order valence-electron chi connectivity index (χ4n) is 3.31. The first-order valence-corrected chi connectivity index (χ1v) is 9.72. The molecule has 3 aromatic rings. The van der Waals surface area contributed by atoms with E-state index in [1.54, 1.807) is 0 Å². The number of hydrogen-bond donors (Lipinski definition) is 0. The van der Waals surface area contributed by atoms with Crippen molar-refractivity contribution in [3.8, 4) is 0 Å². The predicted octanol–water partition coefficient (Wildman–Crippen LogP) is 5.64. The number of alkyl halides is 3. The van der Waals surface area contributed by atoms with Crippen molar-refractivity contribution < 1.29 is 13.2 Å². The first-order chi connectivity index (χ1) is 13.3. The van der Waals surface area contributed by atoms with Crippen LogP contribution in [0, 0.1) is 0 Å². The molecule has 0 spiro atoms. The van der Waals surface area contributed by atoms with E-state index in [1.165, 1.54) is 6.07 Å². The molecule has 0 N–H and O–H groups in total. The minimum absolute atomic E-state index is 0.373. The van der Waals surface area contributed by atoms with Gasteiger partial charge in [0.2, 0.25) is 0 Å². The Morgan fingerprint density at radius 3 is 2.32 bits per heavy atom. The first kappa shape index (κ1) is 20.7. The summed E-state index contributed by atoms with van der Waals surface area (Å²) in [7, 11) is 0. The van der Waals surface area contributed by atoms with Crippen LogP contribution in [0.15, 0.2) is 42.5 Å². The molecule has 0 saturated carbocycles. The van der Waals surface area contributed by atoms with E-state index in [9.17, 15) is 13.2 Å². The van der Waals surface area contributed by atoms with Gasteiger partial charge in [0.05, 0.1) is 16.6 Å². The van der Waals surface area contributed by atoms with Gasteiger partial charge in [-0.05, 0) is 49.0 Å². The molecular formula is C21H23ClF3N3. The molecule has 150 valence electrons. The highest BCUT2D eigenvalue weighted by atomic mass is 35.5. The smallest absolute Gasteiger partial charge is 0.326 e. The van der Waals surface area contributed by atoms with E-state index < -0.39 is 11.7 Å². The van der Waals surface area contributed by atoms with E-state index in [2.05, 4.69) is 23.7 Å². The molecule has 1 heterocycles. The number of hydrogen-bond acceptors (Lipinski definition) is 2. The Bertz CT molecular complexity index is 928. The van der Waals surface area contributed by atoms with Gasteiger partial charge in [-0.15, -0.1) is 0 Å².